The number of benzene rings is 1. The summed E-state index contributed by atoms with van der Waals surface area (Å²) in [6, 6.07) is 8.72. The van der Waals surface area contributed by atoms with E-state index in [9.17, 15) is 0 Å². The van der Waals surface area contributed by atoms with Crippen molar-refractivity contribution in [3.05, 3.63) is 24.3 Å². The molecular formula is C13H16N4OS. The van der Waals surface area contributed by atoms with Gasteiger partial charge in [0.15, 0.2) is 5.13 Å². The average molecular weight is 276 g/mol. The molecule has 19 heavy (non-hydrogen) atoms. The van der Waals surface area contributed by atoms with Gasteiger partial charge < -0.3 is 15.8 Å². The van der Waals surface area contributed by atoms with Gasteiger partial charge in [0.2, 0.25) is 0 Å². The zero-order valence-corrected chi connectivity index (χ0v) is 11.3. The molecule has 0 aliphatic heterocycles. The van der Waals surface area contributed by atoms with Crippen molar-refractivity contribution in [1.29, 1.82) is 0 Å². The van der Waals surface area contributed by atoms with Crippen LogP contribution < -0.4 is 10.6 Å². The lowest BCUT2D eigenvalue weighted by Gasteiger charge is -2.20. The molecule has 2 aromatic rings. The number of rotatable bonds is 5. The van der Waals surface area contributed by atoms with Crippen LogP contribution in [0.1, 0.15) is 19.3 Å². The Morgan fingerprint density at radius 1 is 1.47 bits per heavy atom. The van der Waals surface area contributed by atoms with E-state index in [1.807, 2.05) is 18.2 Å². The Hall–Kier alpha value is -1.82. The third-order valence-electron chi connectivity index (χ3n) is 3.25. The van der Waals surface area contributed by atoms with E-state index in [0.717, 1.165) is 17.2 Å². The van der Waals surface area contributed by atoms with Gasteiger partial charge in [0.1, 0.15) is 5.84 Å². The van der Waals surface area contributed by atoms with Crippen LogP contribution in [0.3, 0.4) is 0 Å². The molecule has 5 nitrogen and oxygen atoms in total. The molecule has 0 atom stereocenters. The van der Waals surface area contributed by atoms with Crippen molar-refractivity contribution >= 4 is 32.5 Å². The van der Waals surface area contributed by atoms with Crippen molar-refractivity contribution in [3.63, 3.8) is 0 Å². The molecule has 1 saturated carbocycles. The van der Waals surface area contributed by atoms with Crippen molar-refractivity contribution in [1.82, 2.24) is 4.98 Å². The van der Waals surface area contributed by atoms with Gasteiger partial charge in [-0.15, -0.1) is 0 Å². The number of oxime groups is 1. The van der Waals surface area contributed by atoms with E-state index in [4.69, 9.17) is 10.9 Å². The van der Waals surface area contributed by atoms with Crippen LogP contribution in [0.4, 0.5) is 5.13 Å². The number of para-hydroxylation sites is 1. The highest BCUT2D eigenvalue weighted by molar-refractivity contribution is 7.22. The number of nitrogens with zero attached hydrogens (tertiary/aromatic N) is 3. The monoisotopic (exact) mass is 276 g/mol. The van der Waals surface area contributed by atoms with Gasteiger partial charge in [0, 0.05) is 19.0 Å². The molecule has 1 fully saturated rings. The number of amidine groups is 1. The quantitative estimate of drug-likeness (QED) is 0.380. The summed E-state index contributed by atoms with van der Waals surface area (Å²) < 4.78 is 1.20. The summed E-state index contributed by atoms with van der Waals surface area (Å²) in [4.78, 5) is 6.96. The Morgan fingerprint density at radius 2 is 2.26 bits per heavy atom. The Labute approximate surface area is 115 Å². The zero-order valence-electron chi connectivity index (χ0n) is 10.5. The zero-order chi connectivity index (χ0) is 13.2. The first-order chi connectivity index (χ1) is 9.28. The second-order valence-electron chi connectivity index (χ2n) is 4.73. The highest BCUT2D eigenvalue weighted by Gasteiger charge is 2.30. The van der Waals surface area contributed by atoms with Crippen LogP contribution >= 0.6 is 11.3 Å². The SMILES string of the molecule is NC(CCN(c1nc2ccccc2s1)C1CC1)=NO. The summed E-state index contributed by atoms with van der Waals surface area (Å²) in [5.74, 6) is 0.270. The summed E-state index contributed by atoms with van der Waals surface area (Å²) >= 11 is 1.70. The van der Waals surface area contributed by atoms with Gasteiger partial charge in [0.05, 0.1) is 10.2 Å². The first kappa shape index (κ1) is 12.2. The van der Waals surface area contributed by atoms with Gasteiger partial charge in [-0.1, -0.05) is 28.6 Å². The standard InChI is InChI=1S/C13H16N4OS/c14-12(16-18)7-8-17(9-5-6-9)13-15-10-3-1-2-4-11(10)19-13/h1-4,9,18H,5-8H2,(H2,14,16). The lowest BCUT2D eigenvalue weighted by Crippen LogP contribution is -2.30. The van der Waals surface area contributed by atoms with E-state index >= 15 is 0 Å². The highest BCUT2D eigenvalue weighted by Crippen LogP contribution is 2.36. The van der Waals surface area contributed by atoms with Gasteiger partial charge in [-0.3, -0.25) is 0 Å². The van der Waals surface area contributed by atoms with E-state index in [0.29, 0.717) is 12.5 Å². The second-order valence-corrected chi connectivity index (χ2v) is 5.74. The first-order valence-electron chi connectivity index (χ1n) is 6.36. The predicted octanol–water partition coefficient (Wildman–Crippen LogP) is 2.40. The summed E-state index contributed by atoms with van der Waals surface area (Å²) in [5, 5.41) is 12.7. The Morgan fingerprint density at radius 3 is 2.95 bits per heavy atom. The van der Waals surface area contributed by atoms with Gasteiger partial charge >= 0.3 is 0 Å². The molecule has 3 N–H and O–H groups in total. The smallest absolute Gasteiger partial charge is 0.186 e. The third-order valence-corrected chi connectivity index (χ3v) is 4.33. The molecule has 1 heterocycles. The lowest BCUT2D eigenvalue weighted by atomic mass is 10.3. The number of anilines is 1. The molecule has 0 saturated heterocycles. The molecular weight excluding hydrogens is 260 g/mol. The molecule has 1 aliphatic rings. The van der Waals surface area contributed by atoms with Crippen LogP contribution in [0.25, 0.3) is 10.2 Å². The van der Waals surface area contributed by atoms with Crippen molar-refractivity contribution in [2.75, 3.05) is 11.4 Å². The predicted molar refractivity (Wildman–Crippen MR) is 78.0 cm³/mol. The number of aromatic nitrogens is 1. The van der Waals surface area contributed by atoms with Crippen LogP contribution in [0.2, 0.25) is 0 Å². The molecule has 100 valence electrons. The first-order valence-corrected chi connectivity index (χ1v) is 7.18. The Kier molecular flexibility index (Phi) is 3.25. The van der Waals surface area contributed by atoms with Gasteiger partial charge in [-0.25, -0.2) is 4.98 Å². The van der Waals surface area contributed by atoms with E-state index in [1.54, 1.807) is 11.3 Å². The topological polar surface area (TPSA) is 74.7 Å². The van der Waals surface area contributed by atoms with E-state index in [-0.39, 0.29) is 5.84 Å². The number of hydrogen-bond donors (Lipinski definition) is 2. The fourth-order valence-electron chi connectivity index (χ4n) is 2.09. The molecule has 0 amide bonds. The highest BCUT2D eigenvalue weighted by atomic mass is 32.1. The Balaban J connectivity index is 1.83. The number of hydrogen-bond acceptors (Lipinski definition) is 5. The second kappa shape index (κ2) is 5.05. The van der Waals surface area contributed by atoms with Crippen LogP contribution in [0, 0.1) is 0 Å². The van der Waals surface area contributed by atoms with Crippen LogP contribution in [-0.2, 0) is 0 Å². The third kappa shape index (κ3) is 2.63. The average Bonchev–Trinajstić information content (AvgIpc) is 3.17. The minimum atomic E-state index is 0.270. The number of fused-ring (bicyclic) bond motifs is 1. The summed E-state index contributed by atoms with van der Waals surface area (Å²) in [6.45, 7) is 0.750. The summed E-state index contributed by atoms with van der Waals surface area (Å²) in [6.07, 6.45) is 2.96. The minimum absolute atomic E-state index is 0.270. The maximum Gasteiger partial charge on any atom is 0.186 e. The molecule has 0 unspecified atom stereocenters. The molecule has 0 bridgehead atoms. The van der Waals surface area contributed by atoms with Crippen molar-refractivity contribution in [2.45, 2.75) is 25.3 Å². The molecule has 6 heteroatoms. The van der Waals surface area contributed by atoms with Crippen molar-refractivity contribution in [3.8, 4) is 0 Å². The van der Waals surface area contributed by atoms with Crippen molar-refractivity contribution < 1.29 is 5.21 Å². The molecule has 1 aliphatic carbocycles. The van der Waals surface area contributed by atoms with Gasteiger partial charge in [0.25, 0.3) is 0 Å². The van der Waals surface area contributed by atoms with Crippen LogP contribution in [-0.4, -0.2) is 28.6 Å². The molecule has 1 aromatic carbocycles. The van der Waals surface area contributed by atoms with E-state index < -0.39 is 0 Å². The molecule has 0 radical (unpaired) electrons. The maximum atomic E-state index is 8.62. The number of thiazole rings is 1. The molecule has 1 aromatic heterocycles. The molecule has 0 spiro atoms. The van der Waals surface area contributed by atoms with Crippen LogP contribution in [0.15, 0.2) is 29.4 Å². The molecule has 3 rings (SSSR count). The minimum Gasteiger partial charge on any atom is -0.409 e. The fourth-order valence-corrected chi connectivity index (χ4v) is 3.15. The lowest BCUT2D eigenvalue weighted by molar-refractivity contribution is 0.317. The normalized spacial score (nSPS) is 15.9. The largest absolute Gasteiger partial charge is 0.409 e. The van der Waals surface area contributed by atoms with Gasteiger partial charge in [-0.2, -0.15) is 0 Å². The van der Waals surface area contributed by atoms with Crippen LogP contribution in [0.5, 0.6) is 0 Å². The van der Waals surface area contributed by atoms with E-state index in [1.165, 1.54) is 17.5 Å². The van der Waals surface area contributed by atoms with Gasteiger partial charge in [-0.05, 0) is 25.0 Å². The maximum absolute atomic E-state index is 8.62. The van der Waals surface area contributed by atoms with Crippen molar-refractivity contribution in [2.24, 2.45) is 10.9 Å². The summed E-state index contributed by atoms with van der Waals surface area (Å²) in [7, 11) is 0. The fraction of sp³-hybridized carbons (Fsp3) is 0.385. The number of nitrogens with two attached hydrogens (primary N) is 1. The van der Waals surface area contributed by atoms with E-state index in [2.05, 4.69) is 21.1 Å². The summed E-state index contributed by atoms with van der Waals surface area (Å²) in [5.41, 5.74) is 6.59. The Bertz CT molecular complexity index is 572.